The summed E-state index contributed by atoms with van der Waals surface area (Å²) in [4.78, 5) is 8.17. The minimum absolute atomic E-state index is 0.295. The van der Waals surface area contributed by atoms with Crippen molar-refractivity contribution in [3.8, 4) is 11.5 Å². The molecule has 0 atom stereocenters. The first-order valence-electron chi connectivity index (χ1n) is 5.88. The molecule has 0 aliphatic heterocycles. The number of aromatic nitrogens is 2. The Hall–Kier alpha value is -1.94. The van der Waals surface area contributed by atoms with Crippen molar-refractivity contribution < 1.29 is 8.81 Å². The zero-order chi connectivity index (χ0) is 13.4. The quantitative estimate of drug-likeness (QED) is 0.657. The van der Waals surface area contributed by atoms with Crippen molar-refractivity contribution in [2.45, 2.75) is 13.3 Å². The predicted octanol–water partition coefficient (Wildman–Crippen LogP) is 4.24. The predicted molar refractivity (Wildman–Crippen MR) is 71.6 cm³/mol. The lowest BCUT2D eigenvalue weighted by Crippen LogP contribution is -1.94. The number of rotatable bonds is 2. The molecule has 5 heteroatoms. The lowest BCUT2D eigenvalue weighted by atomic mass is 10.1. The molecule has 0 fully saturated rings. The molecule has 96 valence electrons. The molecular formula is C14H10ClFN2O. The minimum atomic E-state index is -0.295. The summed E-state index contributed by atoms with van der Waals surface area (Å²) in [6.45, 7) is 1.97. The van der Waals surface area contributed by atoms with Gasteiger partial charge in [0.2, 0.25) is 0 Å². The van der Waals surface area contributed by atoms with Crippen LogP contribution >= 0.6 is 11.6 Å². The normalized spacial score (nSPS) is 11.1. The summed E-state index contributed by atoms with van der Waals surface area (Å²) >= 11 is 6.05. The molecule has 3 aromatic rings. The average Bonchev–Trinajstić information content (AvgIpc) is 2.81. The van der Waals surface area contributed by atoms with Crippen LogP contribution in [0.5, 0.6) is 0 Å². The Morgan fingerprint density at radius 2 is 2.11 bits per heavy atom. The van der Waals surface area contributed by atoms with Gasteiger partial charge in [-0.05, 0) is 30.7 Å². The molecular weight excluding hydrogens is 267 g/mol. The van der Waals surface area contributed by atoms with Crippen LogP contribution in [0, 0.1) is 5.82 Å². The number of hydrogen-bond donors (Lipinski definition) is 0. The van der Waals surface area contributed by atoms with Crippen LogP contribution in [0.4, 0.5) is 4.39 Å². The molecule has 0 radical (unpaired) electrons. The van der Waals surface area contributed by atoms with E-state index in [9.17, 15) is 4.39 Å². The Bertz CT molecular complexity index is 754. The van der Waals surface area contributed by atoms with Crippen molar-refractivity contribution >= 4 is 22.6 Å². The second kappa shape index (κ2) is 4.63. The van der Waals surface area contributed by atoms with E-state index in [2.05, 4.69) is 9.97 Å². The van der Waals surface area contributed by atoms with Crippen molar-refractivity contribution in [1.82, 2.24) is 9.97 Å². The van der Waals surface area contributed by atoms with Crippen LogP contribution in [-0.4, -0.2) is 9.97 Å². The Balaban J connectivity index is 2.22. The van der Waals surface area contributed by atoms with Crippen molar-refractivity contribution in [2.75, 3.05) is 0 Å². The van der Waals surface area contributed by atoms with E-state index in [0.29, 0.717) is 34.0 Å². The molecule has 0 N–H and O–H groups in total. The molecule has 2 heterocycles. The van der Waals surface area contributed by atoms with Crippen LogP contribution in [0.3, 0.4) is 0 Å². The Labute approximate surface area is 114 Å². The summed E-state index contributed by atoms with van der Waals surface area (Å²) in [5, 5.41) is 1.12. The molecule has 0 unspecified atom stereocenters. The monoisotopic (exact) mass is 276 g/mol. The number of fused-ring (bicyclic) bond motifs is 1. The van der Waals surface area contributed by atoms with Crippen molar-refractivity contribution in [3.63, 3.8) is 0 Å². The first-order chi connectivity index (χ1) is 9.19. The average molecular weight is 277 g/mol. The Morgan fingerprint density at radius 1 is 1.26 bits per heavy atom. The van der Waals surface area contributed by atoms with Crippen LogP contribution in [0.2, 0.25) is 5.15 Å². The zero-order valence-electron chi connectivity index (χ0n) is 10.2. The van der Waals surface area contributed by atoms with Crippen LogP contribution in [0.15, 0.2) is 35.0 Å². The van der Waals surface area contributed by atoms with Gasteiger partial charge in [-0.15, -0.1) is 0 Å². The van der Waals surface area contributed by atoms with Gasteiger partial charge in [-0.1, -0.05) is 18.5 Å². The third kappa shape index (κ3) is 2.08. The number of halogens is 2. The van der Waals surface area contributed by atoms with Gasteiger partial charge in [-0.3, -0.25) is 0 Å². The van der Waals surface area contributed by atoms with Gasteiger partial charge in [0, 0.05) is 10.9 Å². The van der Waals surface area contributed by atoms with Gasteiger partial charge in [-0.2, -0.15) is 0 Å². The van der Waals surface area contributed by atoms with Gasteiger partial charge >= 0.3 is 0 Å². The highest BCUT2D eigenvalue weighted by atomic mass is 35.5. The fraction of sp³-hybridized carbons (Fsp3) is 0.143. The molecule has 19 heavy (non-hydrogen) atoms. The minimum Gasteiger partial charge on any atom is -0.454 e. The van der Waals surface area contributed by atoms with Gasteiger partial charge in [0.1, 0.15) is 28.6 Å². The molecule has 1 aromatic carbocycles. The number of hydrogen-bond acceptors (Lipinski definition) is 3. The largest absolute Gasteiger partial charge is 0.454 e. The van der Waals surface area contributed by atoms with E-state index in [-0.39, 0.29) is 5.82 Å². The topological polar surface area (TPSA) is 38.9 Å². The van der Waals surface area contributed by atoms with E-state index in [1.54, 1.807) is 12.1 Å². The summed E-state index contributed by atoms with van der Waals surface area (Å²) < 4.78 is 18.9. The summed E-state index contributed by atoms with van der Waals surface area (Å²) in [7, 11) is 0. The molecule has 3 nitrogen and oxygen atoms in total. The van der Waals surface area contributed by atoms with E-state index in [1.165, 1.54) is 18.5 Å². The lowest BCUT2D eigenvalue weighted by Gasteiger charge is -2.04. The van der Waals surface area contributed by atoms with Crippen LogP contribution < -0.4 is 0 Å². The maximum atomic E-state index is 13.2. The fourth-order valence-corrected chi connectivity index (χ4v) is 2.31. The molecule has 0 saturated heterocycles. The summed E-state index contributed by atoms with van der Waals surface area (Å²) in [5.74, 6) is 0.276. The van der Waals surface area contributed by atoms with E-state index in [1.807, 2.05) is 6.92 Å². The number of furan rings is 1. The Kier molecular flexibility index (Phi) is 2.95. The smallest absolute Gasteiger partial charge is 0.154 e. The molecule has 0 bridgehead atoms. The fourth-order valence-electron chi connectivity index (χ4n) is 2.05. The lowest BCUT2D eigenvalue weighted by molar-refractivity contribution is 0.617. The van der Waals surface area contributed by atoms with Gasteiger partial charge < -0.3 is 4.42 Å². The number of benzene rings is 1. The van der Waals surface area contributed by atoms with E-state index in [0.717, 1.165) is 5.56 Å². The molecule has 0 aliphatic rings. The second-order valence-corrected chi connectivity index (χ2v) is 4.50. The maximum Gasteiger partial charge on any atom is 0.154 e. The zero-order valence-corrected chi connectivity index (χ0v) is 10.9. The van der Waals surface area contributed by atoms with Crippen molar-refractivity contribution in [1.29, 1.82) is 0 Å². The molecule has 3 rings (SSSR count). The second-order valence-electron chi connectivity index (χ2n) is 4.14. The van der Waals surface area contributed by atoms with Crippen LogP contribution in [0.25, 0.3) is 22.4 Å². The summed E-state index contributed by atoms with van der Waals surface area (Å²) in [6.07, 6.45) is 2.09. The van der Waals surface area contributed by atoms with Crippen molar-refractivity contribution in [2.24, 2.45) is 0 Å². The van der Waals surface area contributed by atoms with Gasteiger partial charge in [-0.25, -0.2) is 14.4 Å². The molecule has 0 saturated carbocycles. The standard InChI is InChI=1S/C14H10ClFN2O/c1-2-10-13(17-7-18-14(10)15)12-6-8-5-9(16)3-4-11(8)19-12/h3-7H,2H2,1H3. The van der Waals surface area contributed by atoms with Gasteiger partial charge in [0.15, 0.2) is 5.76 Å². The first kappa shape index (κ1) is 12.1. The third-order valence-electron chi connectivity index (χ3n) is 2.96. The third-order valence-corrected chi connectivity index (χ3v) is 3.28. The summed E-state index contributed by atoms with van der Waals surface area (Å²) in [6, 6.07) is 6.15. The van der Waals surface area contributed by atoms with E-state index < -0.39 is 0 Å². The molecule has 0 spiro atoms. The molecule has 2 aromatic heterocycles. The number of nitrogens with zero attached hydrogens (tertiary/aromatic N) is 2. The van der Waals surface area contributed by atoms with Gasteiger partial charge in [0.05, 0.1) is 0 Å². The molecule has 0 aliphatic carbocycles. The van der Waals surface area contributed by atoms with Crippen LogP contribution in [0.1, 0.15) is 12.5 Å². The highest BCUT2D eigenvalue weighted by molar-refractivity contribution is 6.30. The van der Waals surface area contributed by atoms with Gasteiger partial charge in [0.25, 0.3) is 0 Å². The SMILES string of the molecule is CCc1c(Cl)ncnc1-c1cc2cc(F)ccc2o1. The molecule has 0 amide bonds. The Morgan fingerprint density at radius 3 is 2.89 bits per heavy atom. The van der Waals surface area contributed by atoms with Crippen molar-refractivity contribution in [3.05, 3.63) is 47.1 Å². The van der Waals surface area contributed by atoms with E-state index in [4.69, 9.17) is 16.0 Å². The first-order valence-corrected chi connectivity index (χ1v) is 6.25. The highest BCUT2D eigenvalue weighted by Crippen LogP contribution is 2.31. The maximum absolute atomic E-state index is 13.2. The van der Waals surface area contributed by atoms with Crippen LogP contribution in [-0.2, 0) is 6.42 Å². The van der Waals surface area contributed by atoms with E-state index >= 15 is 0 Å². The summed E-state index contributed by atoms with van der Waals surface area (Å²) in [5.41, 5.74) is 2.09. The highest BCUT2D eigenvalue weighted by Gasteiger charge is 2.14.